The SMILES string of the molecule is CC(C)C(NC(=O)c1ccc(N2CCCCC2=O)cc1)C(=O)NS(=O)(=O)c1ccc2cc(Cl)ccc2c1. The first-order chi connectivity index (χ1) is 17.5. The van der Waals surface area contributed by atoms with E-state index in [1.54, 1.807) is 67.3 Å². The predicted molar refractivity (Wildman–Crippen MR) is 143 cm³/mol. The van der Waals surface area contributed by atoms with Crippen molar-refractivity contribution in [2.24, 2.45) is 5.92 Å². The lowest BCUT2D eigenvalue weighted by atomic mass is 10.0. The van der Waals surface area contributed by atoms with E-state index in [1.165, 1.54) is 12.1 Å². The number of hydrogen-bond acceptors (Lipinski definition) is 5. The fourth-order valence-electron chi connectivity index (χ4n) is 4.25. The first-order valence-electron chi connectivity index (χ1n) is 12.0. The molecule has 0 aliphatic carbocycles. The van der Waals surface area contributed by atoms with Crippen LogP contribution < -0.4 is 14.9 Å². The summed E-state index contributed by atoms with van der Waals surface area (Å²) < 4.78 is 28.0. The Bertz CT molecular complexity index is 1450. The second-order valence-corrected chi connectivity index (χ2v) is 11.5. The highest BCUT2D eigenvalue weighted by atomic mass is 35.5. The van der Waals surface area contributed by atoms with Crippen LogP contribution >= 0.6 is 11.6 Å². The molecule has 4 rings (SSSR count). The van der Waals surface area contributed by atoms with E-state index in [1.807, 2.05) is 0 Å². The molecule has 0 aromatic heterocycles. The number of rotatable bonds is 7. The lowest BCUT2D eigenvalue weighted by Gasteiger charge is -2.27. The Kier molecular flexibility index (Phi) is 7.85. The van der Waals surface area contributed by atoms with Gasteiger partial charge in [0.15, 0.2) is 0 Å². The number of anilines is 1. The molecule has 37 heavy (non-hydrogen) atoms. The van der Waals surface area contributed by atoms with Crippen molar-refractivity contribution in [1.29, 1.82) is 0 Å². The summed E-state index contributed by atoms with van der Waals surface area (Å²) in [6.07, 6.45) is 2.30. The molecule has 3 aromatic carbocycles. The number of piperidine rings is 1. The second-order valence-electron chi connectivity index (χ2n) is 9.37. The maximum Gasteiger partial charge on any atom is 0.264 e. The van der Waals surface area contributed by atoms with Gasteiger partial charge in [0.25, 0.3) is 21.8 Å². The van der Waals surface area contributed by atoms with Crippen molar-refractivity contribution in [3.05, 3.63) is 71.2 Å². The minimum Gasteiger partial charge on any atom is -0.340 e. The third kappa shape index (κ3) is 6.11. The van der Waals surface area contributed by atoms with Gasteiger partial charge in [0.1, 0.15) is 6.04 Å². The van der Waals surface area contributed by atoms with Crippen molar-refractivity contribution in [2.45, 2.75) is 44.0 Å². The summed E-state index contributed by atoms with van der Waals surface area (Å²) in [6, 6.07) is 15.0. The van der Waals surface area contributed by atoms with Crippen LogP contribution in [0.3, 0.4) is 0 Å². The van der Waals surface area contributed by atoms with Crippen LogP contribution in [0, 0.1) is 5.92 Å². The van der Waals surface area contributed by atoms with E-state index in [4.69, 9.17) is 11.6 Å². The molecule has 1 atom stereocenters. The van der Waals surface area contributed by atoms with Crippen LogP contribution in [0.2, 0.25) is 5.02 Å². The Morgan fingerprint density at radius 2 is 1.62 bits per heavy atom. The highest BCUT2D eigenvalue weighted by Gasteiger charge is 2.29. The van der Waals surface area contributed by atoms with Gasteiger partial charge >= 0.3 is 0 Å². The number of amides is 3. The molecular formula is C27H28ClN3O5S. The second kappa shape index (κ2) is 10.9. The average molecular weight is 542 g/mol. The van der Waals surface area contributed by atoms with Crippen molar-refractivity contribution in [3.8, 4) is 0 Å². The molecule has 2 N–H and O–H groups in total. The zero-order chi connectivity index (χ0) is 26.7. The van der Waals surface area contributed by atoms with E-state index < -0.39 is 27.9 Å². The smallest absolute Gasteiger partial charge is 0.264 e. The number of fused-ring (bicyclic) bond motifs is 1. The summed E-state index contributed by atoms with van der Waals surface area (Å²) in [5.74, 6) is -1.69. The van der Waals surface area contributed by atoms with Crippen LogP contribution in [0.4, 0.5) is 5.69 Å². The Labute approximate surface area is 221 Å². The summed E-state index contributed by atoms with van der Waals surface area (Å²) >= 11 is 5.99. The molecule has 1 aliphatic rings. The maximum absolute atomic E-state index is 13.0. The molecule has 1 saturated heterocycles. The number of carbonyl (C=O) groups excluding carboxylic acids is 3. The monoisotopic (exact) mass is 541 g/mol. The maximum atomic E-state index is 13.0. The van der Waals surface area contributed by atoms with Crippen LogP contribution in [0.15, 0.2) is 65.6 Å². The van der Waals surface area contributed by atoms with Crippen LogP contribution in [0.5, 0.6) is 0 Å². The highest BCUT2D eigenvalue weighted by Crippen LogP contribution is 2.23. The largest absolute Gasteiger partial charge is 0.340 e. The van der Waals surface area contributed by atoms with E-state index in [9.17, 15) is 22.8 Å². The number of sulfonamides is 1. The molecule has 1 unspecified atom stereocenters. The van der Waals surface area contributed by atoms with Crippen molar-refractivity contribution < 1.29 is 22.8 Å². The van der Waals surface area contributed by atoms with Gasteiger partial charge in [0, 0.05) is 29.2 Å². The zero-order valence-electron chi connectivity index (χ0n) is 20.5. The van der Waals surface area contributed by atoms with Crippen molar-refractivity contribution in [1.82, 2.24) is 10.0 Å². The molecule has 1 aliphatic heterocycles. The van der Waals surface area contributed by atoms with Gasteiger partial charge < -0.3 is 10.2 Å². The molecule has 0 bridgehead atoms. The minimum absolute atomic E-state index is 0.0522. The van der Waals surface area contributed by atoms with Gasteiger partial charge in [-0.15, -0.1) is 0 Å². The number of nitrogens with zero attached hydrogens (tertiary/aromatic N) is 1. The number of carbonyl (C=O) groups is 3. The van der Waals surface area contributed by atoms with Crippen molar-refractivity contribution in [2.75, 3.05) is 11.4 Å². The Morgan fingerprint density at radius 1 is 0.946 bits per heavy atom. The molecule has 194 valence electrons. The summed E-state index contributed by atoms with van der Waals surface area (Å²) in [6.45, 7) is 4.06. The molecule has 3 amide bonds. The molecule has 1 heterocycles. The quantitative estimate of drug-likeness (QED) is 0.464. The topological polar surface area (TPSA) is 113 Å². The fraction of sp³-hybridized carbons (Fsp3) is 0.296. The zero-order valence-corrected chi connectivity index (χ0v) is 22.1. The average Bonchev–Trinajstić information content (AvgIpc) is 2.86. The molecule has 1 fully saturated rings. The molecular weight excluding hydrogens is 514 g/mol. The standard InChI is InChI=1S/C27H28ClN3O5S/c1-17(2)25(29-26(33)18-7-11-22(12-8-18)31-14-4-3-5-24(31)32)27(34)30-37(35,36)23-13-9-19-15-21(28)10-6-20(19)16-23/h6-13,15-17,25H,3-5,14H2,1-2H3,(H,29,33)(H,30,34). The highest BCUT2D eigenvalue weighted by molar-refractivity contribution is 7.90. The Balaban J connectivity index is 1.46. The van der Waals surface area contributed by atoms with E-state index in [0.29, 0.717) is 34.6 Å². The lowest BCUT2D eigenvalue weighted by Crippen LogP contribution is -2.51. The lowest BCUT2D eigenvalue weighted by molar-refractivity contribution is -0.122. The van der Waals surface area contributed by atoms with Crippen LogP contribution in [-0.4, -0.2) is 38.7 Å². The van der Waals surface area contributed by atoms with Crippen molar-refractivity contribution >= 4 is 55.8 Å². The van der Waals surface area contributed by atoms with Crippen molar-refractivity contribution in [3.63, 3.8) is 0 Å². The molecule has 3 aromatic rings. The van der Waals surface area contributed by atoms with Gasteiger partial charge in [-0.25, -0.2) is 13.1 Å². The van der Waals surface area contributed by atoms with Gasteiger partial charge in [0.05, 0.1) is 4.90 Å². The molecule has 10 heteroatoms. The van der Waals surface area contributed by atoms with Crippen LogP contribution in [0.1, 0.15) is 43.5 Å². The summed E-state index contributed by atoms with van der Waals surface area (Å²) in [5.41, 5.74) is 1.01. The first-order valence-corrected chi connectivity index (χ1v) is 13.9. The third-order valence-corrected chi connectivity index (χ3v) is 7.90. The molecule has 0 radical (unpaired) electrons. The molecule has 0 saturated carbocycles. The Morgan fingerprint density at radius 3 is 2.30 bits per heavy atom. The van der Waals surface area contributed by atoms with E-state index in [2.05, 4.69) is 10.0 Å². The summed E-state index contributed by atoms with van der Waals surface area (Å²) in [7, 11) is -4.18. The van der Waals surface area contributed by atoms with E-state index >= 15 is 0 Å². The number of halogens is 1. The van der Waals surface area contributed by atoms with Gasteiger partial charge in [0.2, 0.25) is 5.91 Å². The normalized spacial score (nSPS) is 15.0. The molecule has 0 spiro atoms. The first kappa shape index (κ1) is 26.6. The Hall–Kier alpha value is -3.43. The summed E-state index contributed by atoms with van der Waals surface area (Å²) in [4.78, 5) is 39.6. The van der Waals surface area contributed by atoms with E-state index in [-0.39, 0.29) is 16.7 Å². The third-order valence-electron chi connectivity index (χ3n) is 6.32. The van der Waals surface area contributed by atoms with Gasteiger partial charge in [-0.3, -0.25) is 14.4 Å². The predicted octanol–water partition coefficient (Wildman–Crippen LogP) is 4.27. The van der Waals surface area contributed by atoms with Crippen LogP contribution in [0.25, 0.3) is 10.8 Å². The number of hydrogen-bond donors (Lipinski definition) is 2. The minimum atomic E-state index is -4.18. The fourth-order valence-corrected chi connectivity index (χ4v) is 5.47. The summed E-state index contributed by atoms with van der Waals surface area (Å²) in [5, 5.41) is 4.59. The molecule has 8 nitrogen and oxygen atoms in total. The van der Waals surface area contributed by atoms with Gasteiger partial charge in [-0.1, -0.05) is 37.6 Å². The van der Waals surface area contributed by atoms with Gasteiger partial charge in [-0.2, -0.15) is 0 Å². The van der Waals surface area contributed by atoms with Gasteiger partial charge in [-0.05, 0) is 78.1 Å². The van der Waals surface area contributed by atoms with Crippen LogP contribution in [-0.2, 0) is 19.6 Å². The van der Waals surface area contributed by atoms with E-state index in [0.717, 1.165) is 18.2 Å². The number of benzene rings is 3. The number of nitrogens with one attached hydrogen (secondary N) is 2.